The molecule has 0 bridgehead atoms. The SMILES string of the molecule is CC/C=C\C1=C(C)C2(CC3=C(CCCC3)c3c2cc(O)c2cc(O)ccc32)C2C=CCC[C@@H]12. The highest BCUT2D eigenvalue weighted by molar-refractivity contribution is 6.01. The Balaban J connectivity index is 1.71. The predicted octanol–water partition coefficient (Wildman–Crippen LogP) is 8.10. The van der Waals surface area contributed by atoms with Crippen molar-refractivity contribution in [1.82, 2.24) is 0 Å². The molecular weight excluding hydrogens is 404 g/mol. The fraction of sp³-hybridized carbons (Fsp3) is 0.419. The molecule has 0 amide bonds. The summed E-state index contributed by atoms with van der Waals surface area (Å²) >= 11 is 0. The topological polar surface area (TPSA) is 40.5 Å². The molecule has 2 unspecified atom stereocenters. The van der Waals surface area contributed by atoms with Crippen molar-refractivity contribution in [3.05, 3.63) is 76.4 Å². The minimum Gasteiger partial charge on any atom is -0.508 e. The lowest BCUT2D eigenvalue weighted by Crippen LogP contribution is -2.39. The first-order valence-corrected chi connectivity index (χ1v) is 12.8. The average Bonchev–Trinajstić information content (AvgIpc) is 3.06. The second-order valence-electron chi connectivity index (χ2n) is 10.5. The van der Waals surface area contributed by atoms with Gasteiger partial charge in [-0.25, -0.2) is 0 Å². The van der Waals surface area contributed by atoms with Crippen molar-refractivity contribution in [2.75, 3.05) is 0 Å². The Labute approximate surface area is 197 Å². The van der Waals surface area contributed by atoms with E-state index in [-0.39, 0.29) is 11.2 Å². The molecule has 2 aromatic rings. The van der Waals surface area contributed by atoms with Gasteiger partial charge in [0.1, 0.15) is 11.5 Å². The highest BCUT2D eigenvalue weighted by Crippen LogP contribution is 2.64. The van der Waals surface area contributed by atoms with Crippen LogP contribution in [0.25, 0.3) is 16.3 Å². The third kappa shape index (κ3) is 2.86. The Morgan fingerprint density at radius 3 is 2.79 bits per heavy atom. The van der Waals surface area contributed by atoms with E-state index in [1.165, 1.54) is 53.5 Å². The lowest BCUT2D eigenvalue weighted by molar-refractivity contribution is 0.303. The largest absolute Gasteiger partial charge is 0.508 e. The first-order valence-electron chi connectivity index (χ1n) is 12.8. The maximum atomic E-state index is 11.2. The number of hydrogen-bond acceptors (Lipinski definition) is 2. The smallest absolute Gasteiger partial charge is 0.123 e. The number of phenolic OH excluding ortho intramolecular Hbond substituents is 2. The molecule has 4 aliphatic rings. The molecule has 0 aliphatic heterocycles. The quantitative estimate of drug-likeness (QED) is 0.465. The monoisotopic (exact) mass is 438 g/mol. The molecule has 2 nitrogen and oxygen atoms in total. The standard InChI is InChI=1S/C31H34O2/c1-3-4-10-22-19(2)31(27-13-8-7-12-24(22)27)18-20-9-5-6-11-23(20)30-25-15-14-21(32)16-26(25)29(33)17-28(30)31/h4,8,10,13-17,24,27,32-33H,3,5-7,9,11-12,18H2,1-2H3/b10-4-/t24-,27?,31?/m0/s1. The van der Waals surface area contributed by atoms with Gasteiger partial charge in [-0.1, -0.05) is 42.4 Å². The third-order valence-corrected chi connectivity index (χ3v) is 8.98. The van der Waals surface area contributed by atoms with Gasteiger partial charge in [-0.3, -0.25) is 0 Å². The number of allylic oxidation sites excluding steroid dienone is 8. The second-order valence-corrected chi connectivity index (χ2v) is 10.5. The van der Waals surface area contributed by atoms with Gasteiger partial charge in [-0.05, 0) is 122 Å². The van der Waals surface area contributed by atoms with Crippen LogP contribution in [0.2, 0.25) is 0 Å². The molecule has 1 spiro atoms. The summed E-state index contributed by atoms with van der Waals surface area (Å²) in [5.41, 5.74) is 8.75. The van der Waals surface area contributed by atoms with E-state index in [4.69, 9.17) is 0 Å². The summed E-state index contributed by atoms with van der Waals surface area (Å²) in [6.07, 6.45) is 18.9. The Bertz CT molecular complexity index is 1270. The summed E-state index contributed by atoms with van der Waals surface area (Å²) in [7, 11) is 0. The van der Waals surface area contributed by atoms with Crippen molar-refractivity contribution in [3.63, 3.8) is 0 Å². The van der Waals surface area contributed by atoms with E-state index in [1.807, 2.05) is 6.07 Å². The summed E-state index contributed by atoms with van der Waals surface area (Å²) in [5, 5.41) is 23.2. The van der Waals surface area contributed by atoms with Crippen LogP contribution in [0, 0.1) is 11.8 Å². The molecule has 0 heterocycles. The zero-order valence-corrected chi connectivity index (χ0v) is 19.8. The number of fused-ring (bicyclic) bond motifs is 7. The van der Waals surface area contributed by atoms with Crippen LogP contribution in [0.1, 0.15) is 76.3 Å². The molecular formula is C31H34O2. The van der Waals surface area contributed by atoms with E-state index in [9.17, 15) is 10.2 Å². The molecule has 170 valence electrons. The zero-order valence-electron chi connectivity index (χ0n) is 19.8. The Kier molecular flexibility index (Phi) is 4.83. The first-order chi connectivity index (χ1) is 16.1. The molecule has 0 fully saturated rings. The van der Waals surface area contributed by atoms with Gasteiger partial charge in [0.2, 0.25) is 0 Å². The Hall–Kier alpha value is -2.74. The minimum absolute atomic E-state index is 0.0932. The van der Waals surface area contributed by atoms with Gasteiger partial charge in [0.25, 0.3) is 0 Å². The summed E-state index contributed by atoms with van der Waals surface area (Å²) in [6, 6.07) is 7.60. The highest BCUT2D eigenvalue weighted by atomic mass is 16.3. The predicted molar refractivity (Wildman–Crippen MR) is 136 cm³/mol. The second kappa shape index (κ2) is 7.65. The lowest BCUT2D eigenvalue weighted by atomic mass is 9.56. The molecule has 0 aromatic heterocycles. The molecule has 2 aromatic carbocycles. The Morgan fingerprint density at radius 1 is 1.09 bits per heavy atom. The number of phenols is 2. The highest BCUT2D eigenvalue weighted by Gasteiger charge is 2.54. The maximum absolute atomic E-state index is 11.2. The normalized spacial score (nSPS) is 28.7. The number of rotatable bonds is 2. The van der Waals surface area contributed by atoms with Crippen molar-refractivity contribution < 1.29 is 10.2 Å². The summed E-state index contributed by atoms with van der Waals surface area (Å²) < 4.78 is 0. The van der Waals surface area contributed by atoms with Gasteiger partial charge >= 0.3 is 0 Å². The van der Waals surface area contributed by atoms with Gasteiger partial charge in [-0.2, -0.15) is 0 Å². The fourth-order valence-corrected chi connectivity index (χ4v) is 7.57. The van der Waals surface area contributed by atoms with E-state index in [1.54, 1.807) is 17.7 Å². The van der Waals surface area contributed by atoms with Crippen LogP contribution in [0.3, 0.4) is 0 Å². The van der Waals surface area contributed by atoms with Crippen molar-refractivity contribution >= 4 is 16.3 Å². The van der Waals surface area contributed by atoms with E-state index < -0.39 is 0 Å². The van der Waals surface area contributed by atoms with Crippen molar-refractivity contribution in [2.45, 2.75) is 70.6 Å². The maximum Gasteiger partial charge on any atom is 0.123 e. The van der Waals surface area contributed by atoms with Crippen LogP contribution >= 0.6 is 0 Å². The number of benzene rings is 2. The van der Waals surface area contributed by atoms with Crippen molar-refractivity contribution in [1.29, 1.82) is 0 Å². The minimum atomic E-state index is -0.0932. The summed E-state index contributed by atoms with van der Waals surface area (Å²) in [5.74, 6) is 1.49. The van der Waals surface area contributed by atoms with Crippen LogP contribution in [-0.2, 0) is 5.41 Å². The third-order valence-electron chi connectivity index (χ3n) is 8.98. The molecule has 33 heavy (non-hydrogen) atoms. The lowest BCUT2D eigenvalue weighted by Gasteiger charge is -2.46. The van der Waals surface area contributed by atoms with Crippen LogP contribution < -0.4 is 0 Å². The van der Waals surface area contributed by atoms with Crippen molar-refractivity contribution in [2.24, 2.45) is 11.8 Å². The van der Waals surface area contributed by atoms with Gasteiger partial charge < -0.3 is 10.2 Å². The van der Waals surface area contributed by atoms with E-state index >= 15 is 0 Å². The van der Waals surface area contributed by atoms with E-state index in [0.717, 1.165) is 36.5 Å². The van der Waals surface area contributed by atoms with E-state index in [2.05, 4.69) is 44.2 Å². The number of aromatic hydroxyl groups is 2. The average molecular weight is 439 g/mol. The number of hydrogen-bond donors (Lipinski definition) is 2. The van der Waals surface area contributed by atoms with Crippen LogP contribution in [0.4, 0.5) is 0 Å². The Morgan fingerprint density at radius 2 is 1.94 bits per heavy atom. The van der Waals surface area contributed by atoms with Gasteiger partial charge in [0, 0.05) is 10.8 Å². The van der Waals surface area contributed by atoms with Gasteiger partial charge in [-0.15, -0.1) is 0 Å². The molecule has 4 aliphatic carbocycles. The van der Waals surface area contributed by atoms with Gasteiger partial charge in [0.15, 0.2) is 0 Å². The molecule has 3 atom stereocenters. The van der Waals surface area contributed by atoms with Crippen LogP contribution in [-0.4, -0.2) is 10.2 Å². The molecule has 0 radical (unpaired) electrons. The van der Waals surface area contributed by atoms with Crippen LogP contribution in [0.15, 0.2) is 65.3 Å². The summed E-state index contributed by atoms with van der Waals surface area (Å²) in [4.78, 5) is 0. The van der Waals surface area contributed by atoms with Crippen LogP contribution in [0.5, 0.6) is 11.5 Å². The van der Waals surface area contributed by atoms with Crippen molar-refractivity contribution in [3.8, 4) is 11.5 Å². The molecule has 6 rings (SSSR count). The molecule has 0 saturated heterocycles. The molecule has 0 saturated carbocycles. The zero-order chi connectivity index (χ0) is 22.7. The fourth-order valence-electron chi connectivity index (χ4n) is 7.57. The van der Waals surface area contributed by atoms with Gasteiger partial charge in [0.05, 0.1) is 0 Å². The van der Waals surface area contributed by atoms with E-state index in [0.29, 0.717) is 17.6 Å². The first kappa shape index (κ1) is 20.8. The molecule has 2 heteroatoms. The molecule has 2 N–H and O–H groups in total. The summed E-state index contributed by atoms with van der Waals surface area (Å²) in [6.45, 7) is 4.59.